The molecule has 6 heteroatoms. The molecule has 1 aromatic carbocycles. The maximum Gasteiger partial charge on any atom is 0.227 e. The van der Waals surface area contributed by atoms with E-state index in [1.165, 1.54) is 12.8 Å². The van der Waals surface area contributed by atoms with Crippen molar-refractivity contribution in [1.82, 2.24) is 9.80 Å². The van der Waals surface area contributed by atoms with Gasteiger partial charge in [0.1, 0.15) is 5.75 Å². The van der Waals surface area contributed by atoms with Crippen LogP contribution in [0.1, 0.15) is 43.2 Å². The van der Waals surface area contributed by atoms with Crippen LogP contribution in [0.4, 0.5) is 0 Å². The summed E-state index contributed by atoms with van der Waals surface area (Å²) < 4.78 is 11.9. The van der Waals surface area contributed by atoms with Crippen molar-refractivity contribution in [3.63, 3.8) is 0 Å². The van der Waals surface area contributed by atoms with Crippen LogP contribution in [0.3, 0.4) is 0 Å². The molecular weight excluding hydrogens is 356 g/mol. The highest BCUT2D eigenvalue weighted by atomic mass is 16.7. The van der Waals surface area contributed by atoms with Gasteiger partial charge in [-0.3, -0.25) is 9.69 Å². The molecule has 1 N–H and O–H groups in total. The first kappa shape index (κ1) is 21.1. The number of carbonyl (C=O) groups is 1. The summed E-state index contributed by atoms with van der Waals surface area (Å²) in [5, 5.41) is 9.95. The summed E-state index contributed by atoms with van der Waals surface area (Å²) in [7, 11) is 5.32. The van der Waals surface area contributed by atoms with Crippen molar-refractivity contribution < 1.29 is 19.4 Å². The van der Waals surface area contributed by atoms with Gasteiger partial charge in [0.2, 0.25) is 5.91 Å². The van der Waals surface area contributed by atoms with E-state index < -0.39 is 5.79 Å². The third-order valence-electron chi connectivity index (χ3n) is 6.59. The third-order valence-corrected chi connectivity index (χ3v) is 6.59. The number of aryl methyl sites for hydroxylation is 1. The minimum absolute atomic E-state index is 0.0270. The van der Waals surface area contributed by atoms with E-state index in [1.54, 1.807) is 20.3 Å². The number of methoxy groups -OCH3 is 2. The molecule has 2 fully saturated rings. The van der Waals surface area contributed by atoms with Gasteiger partial charge < -0.3 is 19.5 Å². The van der Waals surface area contributed by atoms with Gasteiger partial charge in [-0.1, -0.05) is 12.1 Å². The van der Waals surface area contributed by atoms with Crippen molar-refractivity contribution in [2.24, 2.45) is 0 Å². The molecule has 2 unspecified atom stereocenters. The van der Waals surface area contributed by atoms with Gasteiger partial charge in [-0.05, 0) is 62.9 Å². The third kappa shape index (κ3) is 4.04. The van der Waals surface area contributed by atoms with Gasteiger partial charge in [0.25, 0.3) is 0 Å². The van der Waals surface area contributed by atoms with Gasteiger partial charge in [0.05, 0.1) is 18.5 Å². The molecule has 1 saturated carbocycles. The zero-order valence-corrected chi connectivity index (χ0v) is 17.6. The first-order valence-electron chi connectivity index (χ1n) is 10.3. The Hall–Kier alpha value is -1.63. The highest BCUT2D eigenvalue weighted by molar-refractivity contribution is 5.79. The summed E-state index contributed by atoms with van der Waals surface area (Å²) >= 11 is 0. The molecule has 3 rings (SSSR count). The summed E-state index contributed by atoms with van der Waals surface area (Å²) in [6, 6.07) is 5.52. The Balaban J connectivity index is 1.81. The fourth-order valence-corrected chi connectivity index (χ4v) is 4.88. The van der Waals surface area contributed by atoms with Crippen LogP contribution in [-0.2, 0) is 20.7 Å². The smallest absolute Gasteiger partial charge is 0.227 e. The lowest BCUT2D eigenvalue weighted by Crippen LogP contribution is -2.66. The molecule has 156 valence electrons. The van der Waals surface area contributed by atoms with Crippen molar-refractivity contribution >= 4 is 5.91 Å². The molecule has 0 aromatic heterocycles. The highest BCUT2D eigenvalue weighted by Gasteiger charge is 2.51. The second kappa shape index (κ2) is 8.80. The largest absolute Gasteiger partial charge is 0.508 e. The molecule has 0 bridgehead atoms. The maximum atomic E-state index is 13.1. The van der Waals surface area contributed by atoms with E-state index in [-0.39, 0.29) is 30.2 Å². The van der Waals surface area contributed by atoms with E-state index >= 15 is 0 Å². The number of hydrogen-bond acceptors (Lipinski definition) is 5. The van der Waals surface area contributed by atoms with Crippen LogP contribution in [0.25, 0.3) is 0 Å². The Morgan fingerprint density at radius 2 is 1.93 bits per heavy atom. The lowest BCUT2D eigenvalue weighted by molar-refractivity contribution is -0.266. The summed E-state index contributed by atoms with van der Waals surface area (Å²) in [5.74, 6) is -0.386. The van der Waals surface area contributed by atoms with E-state index in [0.717, 1.165) is 43.5 Å². The van der Waals surface area contributed by atoms with Crippen LogP contribution >= 0.6 is 0 Å². The summed E-state index contributed by atoms with van der Waals surface area (Å²) in [5.41, 5.74) is 1.65. The van der Waals surface area contributed by atoms with Crippen LogP contribution in [0.5, 0.6) is 5.75 Å². The van der Waals surface area contributed by atoms with E-state index in [0.29, 0.717) is 0 Å². The van der Waals surface area contributed by atoms with E-state index in [2.05, 4.69) is 4.90 Å². The first-order valence-corrected chi connectivity index (χ1v) is 10.3. The van der Waals surface area contributed by atoms with Crippen LogP contribution in [-0.4, -0.2) is 73.0 Å². The molecule has 1 aliphatic heterocycles. The van der Waals surface area contributed by atoms with Gasteiger partial charge >= 0.3 is 0 Å². The molecular formula is C22H34N2O4. The topological polar surface area (TPSA) is 62.2 Å². The number of ether oxygens (including phenoxy) is 2. The minimum atomic E-state index is -0.677. The van der Waals surface area contributed by atoms with E-state index in [1.807, 2.05) is 31.0 Å². The molecule has 6 nitrogen and oxygen atoms in total. The summed E-state index contributed by atoms with van der Waals surface area (Å²) in [6.07, 6.45) is 5.36. The number of rotatable bonds is 6. The monoisotopic (exact) mass is 390 g/mol. The fraction of sp³-hybridized carbons (Fsp3) is 0.682. The highest BCUT2D eigenvalue weighted by Crippen LogP contribution is 2.39. The standard InChI is InChI=1S/C22H34N2O4/c1-16-9-10-17(14-19(16)25)15-20(26)23(2)18-8-7-11-22(27-3,28-4)21(18)24-12-5-6-13-24/h9-10,14,18,21,25H,5-8,11-13,15H2,1-4H3. The molecule has 1 saturated heterocycles. The van der Waals surface area contributed by atoms with Crippen molar-refractivity contribution in [1.29, 1.82) is 0 Å². The molecule has 1 amide bonds. The number of phenols is 1. The lowest BCUT2D eigenvalue weighted by atomic mass is 9.82. The molecule has 28 heavy (non-hydrogen) atoms. The van der Waals surface area contributed by atoms with Crippen LogP contribution < -0.4 is 0 Å². The Morgan fingerprint density at radius 1 is 1.25 bits per heavy atom. The van der Waals surface area contributed by atoms with Crippen molar-refractivity contribution in [2.45, 2.75) is 63.3 Å². The molecule has 0 spiro atoms. The predicted molar refractivity (Wildman–Crippen MR) is 108 cm³/mol. The molecule has 1 aliphatic carbocycles. The van der Waals surface area contributed by atoms with Crippen molar-refractivity contribution in [2.75, 3.05) is 34.4 Å². The number of hydrogen-bond donors (Lipinski definition) is 1. The molecule has 1 heterocycles. The maximum absolute atomic E-state index is 13.1. The average molecular weight is 391 g/mol. The van der Waals surface area contributed by atoms with Crippen LogP contribution in [0.2, 0.25) is 0 Å². The quantitative estimate of drug-likeness (QED) is 0.757. The second-order valence-corrected chi connectivity index (χ2v) is 8.17. The number of nitrogens with zero attached hydrogens (tertiary/aromatic N) is 2. The van der Waals surface area contributed by atoms with Gasteiger partial charge in [-0.25, -0.2) is 0 Å². The van der Waals surface area contributed by atoms with Crippen molar-refractivity contribution in [3.8, 4) is 5.75 Å². The Bertz CT molecular complexity index is 683. The number of amides is 1. The number of phenolic OH excluding ortho intramolecular Hbond substituents is 1. The summed E-state index contributed by atoms with van der Waals surface area (Å²) in [6.45, 7) is 3.89. The van der Waals surface area contributed by atoms with Crippen molar-refractivity contribution in [3.05, 3.63) is 29.3 Å². The second-order valence-electron chi connectivity index (χ2n) is 8.17. The number of carbonyl (C=O) groups excluding carboxylic acids is 1. The van der Waals surface area contributed by atoms with Crippen LogP contribution in [0, 0.1) is 6.92 Å². The molecule has 2 atom stereocenters. The number of benzene rings is 1. The lowest BCUT2D eigenvalue weighted by Gasteiger charge is -2.51. The summed E-state index contributed by atoms with van der Waals surface area (Å²) in [4.78, 5) is 17.4. The Kier molecular flexibility index (Phi) is 6.63. The normalized spacial score (nSPS) is 25.0. The number of aromatic hydroxyl groups is 1. The SMILES string of the molecule is COC1(OC)CCCC(N(C)C(=O)Cc2ccc(C)c(O)c2)C1N1CCCC1. The van der Waals surface area contributed by atoms with E-state index in [4.69, 9.17) is 9.47 Å². The van der Waals surface area contributed by atoms with Gasteiger partial charge in [0, 0.05) is 27.7 Å². The number of likely N-dealkylation sites (tertiary alicyclic amines) is 1. The molecule has 1 aromatic rings. The molecule has 0 radical (unpaired) electrons. The fourth-order valence-electron chi connectivity index (χ4n) is 4.88. The number of likely N-dealkylation sites (N-methyl/N-ethyl adjacent to an activating group) is 1. The average Bonchev–Trinajstić information content (AvgIpc) is 3.23. The van der Waals surface area contributed by atoms with Gasteiger partial charge in [-0.2, -0.15) is 0 Å². The zero-order valence-electron chi connectivity index (χ0n) is 17.6. The Morgan fingerprint density at radius 3 is 2.54 bits per heavy atom. The predicted octanol–water partition coefficient (Wildman–Crippen LogP) is 2.71. The Labute approximate surface area is 168 Å². The molecule has 2 aliphatic rings. The first-order chi connectivity index (χ1) is 13.4. The minimum Gasteiger partial charge on any atom is -0.508 e. The van der Waals surface area contributed by atoms with Crippen LogP contribution in [0.15, 0.2) is 18.2 Å². The van der Waals surface area contributed by atoms with E-state index in [9.17, 15) is 9.90 Å². The van der Waals surface area contributed by atoms with Gasteiger partial charge in [-0.15, -0.1) is 0 Å². The van der Waals surface area contributed by atoms with Gasteiger partial charge in [0.15, 0.2) is 5.79 Å². The zero-order chi connectivity index (χ0) is 20.3.